The Morgan fingerprint density at radius 1 is 0.328 bits per heavy atom. The summed E-state index contributed by atoms with van der Waals surface area (Å²) in [5.74, 6) is 0. The van der Waals surface area contributed by atoms with Crippen LogP contribution in [0.5, 0.6) is 0 Å². The zero-order valence-electron chi connectivity index (χ0n) is 33.5. The van der Waals surface area contributed by atoms with Crippen molar-refractivity contribution in [3.8, 4) is 27.9 Å². The van der Waals surface area contributed by atoms with E-state index in [1.165, 1.54) is 77.1 Å². The van der Waals surface area contributed by atoms with Crippen LogP contribution in [0, 0.1) is 0 Å². The molecule has 1 aromatic heterocycles. The lowest BCUT2D eigenvalue weighted by molar-refractivity contribution is 0.769. The van der Waals surface area contributed by atoms with Crippen molar-refractivity contribution in [3.63, 3.8) is 0 Å². The molecule has 0 fully saturated rings. The van der Waals surface area contributed by atoms with Crippen LogP contribution in [0.1, 0.15) is 22.3 Å². The Hall–Kier alpha value is -7.94. The molecule has 0 bridgehead atoms. The third-order valence-corrected chi connectivity index (χ3v) is 12.8. The van der Waals surface area contributed by atoms with Gasteiger partial charge in [-0.1, -0.05) is 164 Å². The van der Waals surface area contributed by atoms with E-state index in [4.69, 9.17) is 0 Å². The van der Waals surface area contributed by atoms with E-state index in [0.717, 1.165) is 22.7 Å². The van der Waals surface area contributed by atoms with E-state index in [1.54, 1.807) is 0 Å². The largest absolute Gasteiger partial charge is 0.310 e. The molecule has 1 heterocycles. The molecule has 2 nitrogen and oxygen atoms in total. The van der Waals surface area contributed by atoms with Crippen LogP contribution in [0.25, 0.3) is 60.5 Å². The van der Waals surface area contributed by atoms with Crippen LogP contribution in [0.4, 0.5) is 17.1 Å². The summed E-state index contributed by atoms with van der Waals surface area (Å²) in [6, 6.07) is 89.1. The Labute approximate surface area is 355 Å². The standard InChI is InChI=1S/C59H40N2/c1-5-21-45(22-6-1)59(46-23-7-2-8-24-46)55-39-43-19-14-13-18-42(43)37-53(55)51-34-33-50(40-56(51)59)60(47-25-9-3-10-26-47)49-29-17-20-41(36-49)44-32-35-58-54(38-44)52-30-15-16-31-57(52)61(58)48-27-11-4-12-28-48/h1-40H. The first-order chi connectivity index (χ1) is 30.3. The number of hydrogen-bond donors (Lipinski definition) is 0. The van der Waals surface area contributed by atoms with Gasteiger partial charge in [0.2, 0.25) is 0 Å². The average molecular weight is 777 g/mol. The highest BCUT2D eigenvalue weighted by molar-refractivity contribution is 6.10. The summed E-state index contributed by atoms with van der Waals surface area (Å²) in [6.45, 7) is 0. The van der Waals surface area contributed by atoms with Crippen molar-refractivity contribution in [1.82, 2.24) is 4.57 Å². The van der Waals surface area contributed by atoms with Gasteiger partial charge in [-0.05, 0) is 134 Å². The summed E-state index contributed by atoms with van der Waals surface area (Å²) in [7, 11) is 0. The summed E-state index contributed by atoms with van der Waals surface area (Å²) in [5, 5.41) is 4.98. The fourth-order valence-corrected chi connectivity index (χ4v) is 10.2. The molecule has 0 amide bonds. The average Bonchev–Trinajstić information content (AvgIpc) is 3.81. The first-order valence-electron chi connectivity index (χ1n) is 21.1. The monoisotopic (exact) mass is 776 g/mol. The van der Waals surface area contributed by atoms with Crippen molar-refractivity contribution >= 4 is 49.6 Å². The minimum atomic E-state index is -0.536. The Morgan fingerprint density at radius 2 is 0.885 bits per heavy atom. The van der Waals surface area contributed by atoms with Crippen LogP contribution in [0.15, 0.2) is 243 Å². The van der Waals surface area contributed by atoms with Crippen LogP contribution in [-0.4, -0.2) is 4.57 Å². The van der Waals surface area contributed by atoms with E-state index in [2.05, 4.69) is 252 Å². The lowest BCUT2D eigenvalue weighted by Crippen LogP contribution is -2.28. The maximum atomic E-state index is 2.46. The van der Waals surface area contributed by atoms with Crippen LogP contribution in [0.2, 0.25) is 0 Å². The summed E-state index contributed by atoms with van der Waals surface area (Å²) < 4.78 is 2.38. The van der Waals surface area contributed by atoms with Crippen molar-refractivity contribution in [3.05, 3.63) is 265 Å². The van der Waals surface area contributed by atoms with E-state index >= 15 is 0 Å². The first-order valence-corrected chi connectivity index (χ1v) is 21.1. The van der Waals surface area contributed by atoms with Gasteiger partial charge in [-0.3, -0.25) is 0 Å². The Morgan fingerprint density at radius 3 is 1.62 bits per heavy atom. The molecule has 11 aromatic rings. The van der Waals surface area contributed by atoms with E-state index in [-0.39, 0.29) is 0 Å². The summed E-state index contributed by atoms with van der Waals surface area (Å²) >= 11 is 0. The van der Waals surface area contributed by atoms with Gasteiger partial charge in [0.15, 0.2) is 0 Å². The molecule has 0 aliphatic heterocycles. The van der Waals surface area contributed by atoms with E-state index in [0.29, 0.717) is 0 Å². The Bertz CT molecular complexity index is 3360. The predicted octanol–water partition coefficient (Wildman–Crippen LogP) is 15.4. The number of hydrogen-bond acceptors (Lipinski definition) is 1. The van der Waals surface area contributed by atoms with Gasteiger partial charge < -0.3 is 9.47 Å². The van der Waals surface area contributed by atoms with Gasteiger partial charge in [0.25, 0.3) is 0 Å². The smallest absolute Gasteiger partial charge is 0.0714 e. The molecule has 10 aromatic carbocycles. The van der Waals surface area contributed by atoms with Crippen molar-refractivity contribution in [1.29, 1.82) is 0 Å². The normalized spacial score (nSPS) is 12.7. The number of anilines is 3. The summed E-state index contributed by atoms with van der Waals surface area (Å²) in [4.78, 5) is 2.42. The highest BCUT2D eigenvalue weighted by Crippen LogP contribution is 2.58. The molecule has 0 N–H and O–H groups in total. The highest BCUT2D eigenvalue weighted by Gasteiger charge is 2.46. The van der Waals surface area contributed by atoms with Crippen molar-refractivity contribution in [2.75, 3.05) is 4.90 Å². The number of benzene rings is 10. The third kappa shape index (κ3) is 5.50. The lowest BCUT2D eigenvalue weighted by atomic mass is 9.67. The van der Waals surface area contributed by atoms with Gasteiger partial charge in [-0.25, -0.2) is 0 Å². The fraction of sp³-hybridized carbons (Fsp3) is 0.0169. The maximum Gasteiger partial charge on any atom is 0.0714 e. The SMILES string of the molecule is c1ccc(N(c2cccc(-c3ccc4c(c3)c3ccccc3n4-c3ccccc3)c2)c2ccc3c(c2)C(c2ccccc2)(c2ccccc2)c2cc4ccccc4cc2-3)cc1. The Kier molecular flexibility index (Phi) is 8.11. The second kappa shape index (κ2) is 14.1. The van der Waals surface area contributed by atoms with Crippen LogP contribution in [0.3, 0.4) is 0 Å². The van der Waals surface area contributed by atoms with E-state index in [9.17, 15) is 0 Å². The number of fused-ring (bicyclic) bond motifs is 7. The molecule has 0 saturated heterocycles. The number of rotatable bonds is 7. The van der Waals surface area contributed by atoms with Crippen LogP contribution >= 0.6 is 0 Å². The van der Waals surface area contributed by atoms with Gasteiger partial charge >= 0.3 is 0 Å². The quantitative estimate of drug-likeness (QED) is 0.156. The predicted molar refractivity (Wildman–Crippen MR) is 256 cm³/mol. The molecule has 286 valence electrons. The molecule has 0 spiro atoms. The molecular weight excluding hydrogens is 737 g/mol. The minimum absolute atomic E-state index is 0.536. The van der Waals surface area contributed by atoms with Crippen molar-refractivity contribution < 1.29 is 0 Å². The van der Waals surface area contributed by atoms with Gasteiger partial charge in [0.05, 0.1) is 16.4 Å². The highest BCUT2D eigenvalue weighted by atomic mass is 15.1. The third-order valence-electron chi connectivity index (χ3n) is 12.8. The summed E-state index contributed by atoms with van der Waals surface area (Å²) in [6.07, 6.45) is 0. The lowest BCUT2D eigenvalue weighted by Gasteiger charge is -2.35. The molecular formula is C59H40N2. The minimum Gasteiger partial charge on any atom is -0.310 e. The molecule has 61 heavy (non-hydrogen) atoms. The van der Waals surface area contributed by atoms with Crippen LogP contribution in [-0.2, 0) is 5.41 Å². The van der Waals surface area contributed by atoms with Gasteiger partial charge in [-0.15, -0.1) is 0 Å². The molecule has 0 unspecified atom stereocenters. The van der Waals surface area contributed by atoms with Crippen molar-refractivity contribution in [2.24, 2.45) is 0 Å². The molecule has 1 aliphatic carbocycles. The zero-order chi connectivity index (χ0) is 40.3. The molecule has 1 aliphatic rings. The summed E-state index contributed by atoms with van der Waals surface area (Å²) in [5.41, 5.74) is 16.3. The number of aromatic nitrogens is 1. The first kappa shape index (κ1) is 35.0. The topological polar surface area (TPSA) is 8.17 Å². The van der Waals surface area contributed by atoms with Gasteiger partial charge in [0, 0.05) is 33.5 Å². The van der Waals surface area contributed by atoms with Gasteiger partial charge in [0.1, 0.15) is 0 Å². The van der Waals surface area contributed by atoms with Crippen molar-refractivity contribution in [2.45, 2.75) is 5.41 Å². The molecule has 2 heteroatoms. The zero-order valence-corrected chi connectivity index (χ0v) is 33.5. The van der Waals surface area contributed by atoms with Crippen LogP contribution < -0.4 is 4.90 Å². The molecule has 0 atom stereocenters. The number of para-hydroxylation sites is 3. The maximum absolute atomic E-state index is 2.46. The van der Waals surface area contributed by atoms with E-state index in [1.807, 2.05) is 0 Å². The Balaban J connectivity index is 1.06. The van der Waals surface area contributed by atoms with E-state index < -0.39 is 5.41 Å². The molecule has 0 radical (unpaired) electrons. The second-order valence-corrected chi connectivity index (χ2v) is 16.1. The molecule has 0 saturated carbocycles. The fourth-order valence-electron chi connectivity index (χ4n) is 10.2. The number of nitrogens with zero attached hydrogens (tertiary/aromatic N) is 2. The second-order valence-electron chi connectivity index (χ2n) is 16.1. The van der Waals surface area contributed by atoms with Gasteiger partial charge in [-0.2, -0.15) is 0 Å². The molecule has 12 rings (SSSR count).